The highest BCUT2D eigenvalue weighted by atomic mass is 35.5. The fourth-order valence-corrected chi connectivity index (χ4v) is 2.33. The van der Waals surface area contributed by atoms with Gasteiger partial charge >= 0.3 is 0 Å². The van der Waals surface area contributed by atoms with Crippen LogP contribution in [0.5, 0.6) is 0 Å². The molecule has 0 atom stereocenters. The van der Waals surface area contributed by atoms with Gasteiger partial charge in [0.15, 0.2) is 0 Å². The van der Waals surface area contributed by atoms with Gasteiger partial charge in [-0.15, -0.1) is 0 Å². The Kier molecular flexibility index (Phi) is 3.91. The van der Waals surface area contributed by atoms with E-state index in [2.05, 4.69) is 0 Å². The van der Waals surface area contributed by atoms with Crippen molar-refractivity contribution in [2.45, 2.75) is 6.42 Å². The molecule has 0 fully saturated rings. The summed E-state index contributed by atoms with van der Waals surface area (Å²) in [5.41, 5.74) is 14.2. The second kappa shape index (κ2) is 5.27. The summed E-state index contributed by atoms with van der Waals surface area (Å²) < 4.78 is 0. The Morgan fingerprint density at radius 2 is 1.50 bits per heavy atom. The molecule has 0 saturated carbocycles. The summed E-state index contributed by atoms with van der Waals surface area (Å²) in [5.74, 6) is 0. The predicted octanol–water partition coefficient (Wildman–Crippen LogP) is 4.40. The van der Waals surface area contributed by atoms with Crippen LogP contribution in [-0.4, -0.2) is 0 Å². The maximum Gasteiger partial charge on any atom is 0.0824 e. The van der Waals surface area contributed by atoms with Gasteiger partial charge in [0.25, 0.3) is 0 Å². The van der Waals surface area contributed by atoms with Crippen LogP contribution in [0, 0.1) is 0 Å². The lowest BCUT2D eigenvalue weighted by molar-refractivity contribution is 1.19. The molecule has 0 spiro atoms. The number of benzene rings is 2. The third kappa shape index (κ3) is 2.66. The highest BCUT2D eigenvalue weighted by molar-refractivity contribution is 6.44. The summed E-state index contributed by atoms with van der Waals surface area (Å²) in [4.78, 5) is 0. The average Bonchev–Trinajstić information content (AvgIpc) is 2.33. The van der Waals surface area contributed by atoms with E-state index in [0.29, 0.717) is 32.9 Å². The molecule has 2 aromatic carbocycles. The molecule has 0 radical (unpaired) electrons. The van der Waals surface area contributed by atoms with Crippen LogP contribution >= 0.6 is 34.8 Å². The normalized spacial score (nSPS) is 10.6. The molecular weight excluding hydrogens is 291 g/mol. The van der Waals surface area contributed by atoms with Crippen LogP contribution in [0.25, 0.3) is 0 Å². The van der Waals surface area contributed by atoms with Crippen LogP contribution < -0.4 is 11.5 Å². The van der Waals surface area contributed by atoms with Crippen molar-refractivity contribution < 1.29 is 0 Å². The fraction of sp³-hybridized carbons (Fsp3) is 0.0769. The third-order valence-corrected chi connectivity index (χ3v) is 3.94. The van der Waals surface area contributed by atoms with Crippen molar-refractivity contribution in [1.82, 2.24) is 0 Å². The Bertz CT molecular complexity index is 597. The zero-order valence-electron chi connectivity index (χ0n) is 9.38. The van der Waals surface area contributed by atoms with Crippen molar-refractivity contribution in [2.24, 2.45) is 0 Å². The van der Waals surface area contributed by atoms with Crippen molar-refractivity contribution in [1.29, 1.82) is 0 Å². The maximum atomic E-state index is 6.15. The number of hydrogen-bond acceptors (Lipinski definition) is 2. The van der Waals surface area contributed by atoms with Crippen LogP contribution in [0.15, 0.2) is 30.3 Å². The van der Waals surface area contributed by atoms with E-state index >= 15 is 0 Å². The number of anilines is 2. The molecule has 4 N–H and O–H groups in total. The first-order valence-electron chi connectivity index (χ1n) is 5.25. The standard InChI is InChI=1S/C13H11Cl3N2/c14-10-6-9(17)3-1-7(10)5-8-2-4-11(18)13(16)12(8)15/h1-4,6H,5,17-18H2. The zero-order chi connectivity index (χ0) is 13.3. The van der Waals surface area contributed by atoms with Gasteiger partial charge < -0.3 is 11.5 Å². The van der Waals surface area contributed by atoms with E-state index in [1.54, 1.807) is 18.2 Å². The van der Waals surface area contributed by atoms with Gasteiger partial charge in [0.2, 0.25) is 0 Å². The van der Waals surface area contributed by atoms with Crippen molar-refractivity contribution in [3.8, 4) is 0 Å². The number of nitrogen functional groups attached to an aromatic ring is 2. The van der Waals surface area contributed by atoms with E-state index in [0.717, 1.165) is 11.1 Å². The second-order valence-electron chi connectivity index (χ2n) is 3.97. The van der Waals surface area contributed by atoms with Crippen LogP contribution in [-0.2, 0) is 6.42 Å². The fourth-order valence-electron chi connectivity index (χ4n) is 1.65. The van der Waals surface area contributed by atoms with Crippen molar-refractivity contribution in [2.75, 3.05) is 11.5 Å². The lowest BCUT2D eigenvalue weighted by Gasteiger charge is -2.09. The molecule has 5 heteroatoms. The molecule has 0 unspecified atom stereocenters. The molecule has 94 valence electrons. The third-order valence-electron chi connectivity index (χ3n) is 2.65. The monoisotopic (exact) mass is 300 g/mol. The Labute approximate surface area is 120 Å². The summed E-state index contributed by atoms with van der Waals surface area (Å²) in [5, 5.41) is 1.45. The Hall–Kier alpha value is -1.09. The molecule has 2 aromatic rings. The molecule has 18 heavy (non-hydrogen) atoms. The van der Waals surface area contributed by atoms with E-state index in [1.165, 1.54) is 0 Å². The minimum Gasteiger partial charge on any atom is -0.399 e. The quantitative estimate of drug-likeness (QED) is 0.808. The van der Waals surface area contributed by atoms with Crippen molar-refractivity contribution in [3.05, 3.63) is 56.5 Å². The number of hydrogen-bond donors (Lipinski definition) is 2. The molecule has 0 amide bonds. The van der Waals surface area contributed by atoms with Gasteiger partial charge in [-0.05, 0) is 29.3 Å². The van der Waals surface area contributed by atoms with Crippen LogP contribution in [0.2, 0.25) is 15.1 Å². The van der Waals surface area contributed by atoms with E-state index in [4.69, 9.17) is 46.3 Å². The van der Waals surface area contributed by atoms with Gasteiger partial charge in [0.05, 0.1) is 15.7 Å². The molecule has 0 heterocycles. The average molecular weight is 302 g/mol. The molecular formula is C13H11Cl3N2. The zero-order valence-corrected chi connectivity index (χ0v) is 11.7. The van der Waals surface area contributed by atoms with Crippen LogP contribution in [0.1, 0.15) is 11.1 Å². The smallest absolute Gasteiger partial charge is 0.0824 e. The Morgan fingerprint density at radius 1 is 0.833 bits per heavy atom. The predicted molar refractivity (Wildman–Crippen MR) is 79.5 cm³/mol. The molecule has 0 aromatic heterocycles. The second-order valence-corrected chi connectivity index (χ2v) is 5.13. The van der Waals surface area contributed by atoms with Crippen molar-refractivity contribution in [3.63, 3.8) is 0 Å². The van der Waals surface area contributed by atoms with Crippen LogP contribution in [0.4, 0.5) is 11.4 Å². The minimum absolute atomic E-state index is 0.376. The number of rotatable bonds is 2. The van der Waals surface area contributed by atoms with Gasteiger partial charge in [-0.25, -0.2) is 0 Å². The number of halogens is 3. The van der Waals surface area contributed by atoms with E-state index in [9.17, 15) is 0 Å². The van der Waals surface area contributed by atoms with E-state index in [-0.39, 0.29) is 0 Å². The Balaban J connectivity index is 2.37. The molecule has 2 rings (SSSR count). The topological polar surface area (TPSA) is 52.0 Å². The molecule has 0 aliphatic carbocycles. The minimum atomic E-state index is 0.376. The highest BCUT2D eigenvalue weighted by Gasteiger charge is 2.10. The first kappa shape index (κ1) is 13.3. The first-order chi connectivity index (χ1) is 8.49. The number of nitrogens with two attached hydrogens (primary N) is 2. The largest absolute Gasteiger partial charge is 0.399 e. The lowest BCUT2D eigenvalue weighted by Crippen LogP contribution is -1.95. The summed E-state index contributed by atoms with van der Waals surface area (Å²) >= 11 is 18.3. The van der Waals surface area contributed by atoms with E-state index < -0.39 is 0 Å². The molecule has 2 nitrogen and oxygen atoms in total. The van der Waals surface area contributed by atoms with Gasteiger partial charge in [0, 0.05) is 17.1 Å². The summed E-state index contributed by atoms with van der Waals surface area (Å²) in [6, 6.07) is 8.96. The van der Waals surface area contributed by atoms with Gasteiger partial charge in [-0.2, -0.15) is 0 Å². The molecule has 0 bridgehead atoms. The van der Waals surface area contributed by atoms with Gasteiger partial charge in [0.1, 0.15) is 0 Å². The highest BCUT2D eigenvalue weighted by Crippen LogP contribution is 2.33. The first-order valence-corrected chi connectivity index (χ1v) is 6.38. The SMILES string of the molecule is Nc1ccc(Cc2ccc(N)c(Cl)c2Cl)c(Cl)c1. The van der Waals surface area contributed by atoms with Crippen LogP contribution in [0.3, 0.4) is 0 Å². The van der Waals surface area contributed by atoms with Gasteiger partial charge in [-0.3, -0.25) is 0 Å². The molecule has 0 saturated heterocycles. The molecule has 0 aliphatic heterocycles. The summed E-state index contributed by atoms with van der Waals surface area (Å²) in [7, 11) is 0. The lowest BCUT2D eigenvalue weighted by atomic mass is 10.0. The van der Waals surface area contributed by atoms with Crippen molar-refractivity contribution >= 4 is 46.2 Å². The Morgan fingerprint density at radius 3 is 2.17 bits per heavy atom. The molecule has 0 aliphatic rings. The summed E-state index contributed by atoms with van der Waals surface area (Å²) in [6.45, 7) is 0. The van der Waals surface area contributed by atoms with E-state index in [1.807, 2.05) is 12.1 Å². The van der Waals surface area contributed by atoms with Gasteiger partial charge in [-0.1, -0.05) is 46.9 Å². The maximum absolute atomic E-state index is 6.15. The summed E-state index contributed by atoms with van der Waals surface area (Å²) in [6.07, 6.45) is 0.581.